The number of halogens is 2. The van der Waals surface area contributed by atoms with Gasteiger partial charge in [-0.05, 0) is 40.2 Å². The van der Waals surface area contributed by atoms with Gasteiger partial charge in [0.05, 0.1) is 0 Å². The Bertz CT molecular complexity index is 563. The van der Waals surface area contributed by atoms with Gasteiger partial charge >= 0.3 is 0 Å². The molecular formula is C12H10Br2N2O. The lowest BCUT2D eigenvalue weighted by atomic mass is 10.3. The quantitative estimate of drug-likeness (QED) is 0.871. The lowest BCUT2D eigenvalue weighted by molar-refractivity contribution is 0.101. The first kappa shape index (κ1) is 12.4. The van der Waals surface area contributed by atoms with Crippen LogP contribution in [0.3, 0.4) is 0 Å². The molecular weight excluding hydrogens is 348 g/mol. The number of aromatic nitrogens is 1. The highest BCUT2D eigenvalue weighted by molar-refractivity contribution is 9.10. The highest BCUT2D eigenvalue weighted by atomic mass is 79.9. The van der Waals surface area contributed by atoms with Gasteiger partial charge in [0.2, 0.25) is 0 Å². The molecule has 1 aromatic heterocycles. The Morgan fingerprint density at radius 3 is 2.59 bits per heavy atom. The smallest absolute Gasteiger partial charge is 0.272 e. The summed E-state index contributed by atoms with van der Waals surface area (Å²) >= 11 is 6.70. The fraction of sp³-hybridized carbons (Fsp3) is 0.0833. The monoisotopic (exact) mass is 356 g/mol. The van der Waals surface area contributed by atoms with E-state index >= 15 is 0 Å². The zero-order chi connectivity index (χ0) is 12.4. The van der Waals surface area contributed by atoms with Gasteiger partial charge in [0.25, 0.3) is 5.91 Å². The van der Waals surface area contributed by atoms with Crippen LogP contribution in [0, 0.1) is 0 Å². The molecule has 1 amide bonds. The van der Waals surface area contributed by atoms with Crippen molar-refractivity contribution >= 4 is 43.5 Å². The van der Waals surface area contributed by atoms with Crippen molar-refractivity contribution in [1.82, 2.24) is 4.57 Å². The zero-order valence-corrected chi connectivity index (χ0v) is 12.2. The molecule has 0 aliphatic carbocycles. The summed E-state index contributed by atoms with van der Waals surface area (Å²) in [6.07, 6.45) is 1.84. The molecule has 0 spiro atoms. The van der Waals surface area contributed by atoms with Gasteiger partial charge in [-0.1, -0.05) is 22.0 Å². The standard InChI is InChI=1S/C12H10Br2N2O/c1-16-7-9(14)6-11(16)12(17)15-10-4-2-3-8(13)5-10/h2-7H,1H3,(H,15,17). The Kier molecular flexibility index (Phi) is 3.69. The Labute approximate surface area is 116 Å². The van der Waals surface area contributed by atoms with Crippen LogP contribution < -0.4 is 5.32 Å². The molecule has 0 radical (unpaired) electrons. The second-order valence-electron chi connectivity index (χ2n) is 3.62. The number of carbonyl (C=O) groups excluding carboxylic acids is 1. The van der Waals surface area contributed by atoms with Crippen molar-refractivity contribution in [2.75, 3.05) is 5.32 Å². The van der Waals surface area contributed by atoms with Crippen LogP contribution in [0.5, 0.6) is 0 Å². The molecule has 2 rings (SSSR count). The van der Waals surface area contributed by atoms with E-state index in [9.17, 15) is 4.79 Å². The second kappa shape index (κ2) is 5.06. The maximum absolute atomic E-state index is 12.0. The summed E-state index contributed by atoms with van der Waals surface area (Å²) in [6.45, 7) is 0. The molecule has 1 N–H and O–H groups in total. The Balaban J connectivity index is 2.20. The number of rotatable bonds is 2. The number of anilines is 1. The molecule has 0 aliphatic rings. The highest BCUT2D eigenvalue weighted by Gasteiger charge is 2.11. The van der Waals surface area contributed by atoms with Crippen molar-refractivity contribution in [1.29, 1.82) is 0 Å². The molecule has 2 aromatic rings. The van der Waals surface area contributed by atoms with Crippen LogP contribution in [0.25, 0.3) is 0 Å². The van der Waals surface area contributed by atoms with Crippen LogP contribution in [-0.4, -0.2) is 10.5 Å². The molecule has 88 valence electrons. The predicted molar refractivity (Wildman–Crippen MR) is 75.2 cm³/mol. The molecule has 1 heterocycles. The zero-order valence-electron chi connectivity index (χ0n) is 9.08. The summed E-state index contributed by atoms with van der Waals surface area (Å²) in [5.74, 6) is -0.128. The summed E-state index contributed by atoms with van der Waals surface area (Å²) in [5.41, 5.74) is 1.37. The maximum Gasteiger partial charge on any atom is 0.272 e. The van der Waals surface area contributed by atoms with Crippen LogP contribution in [0.4, 0.5) is 5.69 Å². The number of hydrogen-bond acceptors (Lipinski definition) is 1. The van der Waals surface area contributed by atoms with Gasteiger partial charge in [0.1, 0.15) is 5.69 Å². The van der Waals surface area contributed by atoms with Crippen LogP contribution in [0.2, 0.25) is 0 Å². The van der Waals surface area contributed by atoms with Gasteiger partial charge in [-0.2, -0.15) is 0 Å². The third-order valence-corrected chi connectivity index (χ3v) is 3.21. The molecule has 1 aromatic carbocycles. The number of aryl methyl sites for hydroxylation is 1. The number of amides is 1. The van der Waals surface area contributed by atoms with E-state index in [0.29, 0.717) is 5.69 Å². The fourth-order valence-corrected chi connectivity index (χ4v) is 2.43. The molecule has 0 atom stereocenters. The van der Waals surface area contributed by atoms with Crippen molar-refractivity contribution in [3.63, 3.8) is 0 Å². The van der Waals surface area contributed by atoms with Crippen molar-refractivity contribution in [2.45, 2.75) is 0 Å². The minimum absolute atomic E-state index is 0.128. The van der Waals surface area contributed by atoms with E-state index in [1.165, 1.54) is 0 Å². The molecule has 0 saturated heterocycles. The lowest BCUT2D eigenvalue weighted by Crippen LogP contribution is -2.15. The topological polar surface area (TPSA) is 34.0 Å². The van der Waals surface area contributed by atoms with Crippen molar-refractivity contribution < 1.29 is 4.79 Å². The van der Waals surface area contributed by atoms with Crippen molar-refractivity contribution in [3.05, 3.63) is 51.2 Å². The van der Waals surface area contributed by atoms with E-state index in [4.69, 9.17) is 0 Å². The van der Waals surface area contributed by atoms with E-state index in [1.807, 2.05) is 37.5 Å². The molecule has 0 unspecified atom stereocenters. The largest absolute Gasteiger partial charge is 0.345 e. The third kappa shape index (κ3) is 2.98. The van der Waals surface area contributed by atoms with E-state index < -0.39 is 0 Å². The van der Waals surface area contributed by atoms with Gasteiger partial charge in [-0.25, -0.2) is 0 Å². The number of nitrogens with zero attached hydrogens (tertiary/aromatic N) is 1. The minimum Gasteiger partial charge on any atom is -0.345 e. The Morgan fingerprint density at radius 1 is 1.24 bits per heavy atom. The van der Waals surface area contributed by atoms with Crippen molar-refractivity contribution in [3.8, 4) is 0 Å². The average molecular weight is 358 g/mol. The average Bonchev–Trinajstić information content (AvgIpc) is 2.58. The normalized spacial score (nSPS) is 10.3. The van der Waals surface area contributed by atoms with Crippen molar-refractivity contribution in [2.24, 2.45) is 7.05 Å². The van der Waals surface area contributed by atoms with Crippen LogP contribution >= 0.6 is 31.9 Å². The van der Waals surface area contributed by atoms with Gasteiger partial charge in [-0.3, -0.25) is 4.79 Å². The summed E-state index contributed by atoms with van der Waals surface area (Å²) in [5, 5.41) is 2.84. The molecule has 0 fully saturated rings. The molecule has 0 saturated carbocycles. The SMILES string of the molecule is Cn1cc(Br)cc1C(=O)Nc1cccc(Br)c1. The number of carbonyl (C=O) groups is 1. The van der Waals surface area contributed by atoms with E-state index in [2.05, 4.69) is 37.2 Å². The number of benzene rings is 1. The van der Waals surface area contributed by atoms with Gasteiger partial charge in [0, 0.05) is 27.9 Å². The van der Waals surface area contributed by atoms with Gasteiger partial charge in [0.15, 0.2) is 0 Å². The maximum atomic E-state index is 12.0. The summed E-state index contributed by atoms with van der Waals surface area (Å²) in [6, 6.07) is 9.28. The first-order valence-corrected chi connectivity index (χ1v) is 6.53. The predicted octanol–water partition coefficient (Wildman–Crippen LogP) is 3.80. The molecule has 3 nitrogen and oxygen atoms in total. The summed E-state index contributed by atoms with van der Waals surface area (Å²) < 4.78 is 3.60. The Hall–Kier alpha value is -1.07. The first-order valence-electron chi connectivity index (χ1n) is 4.95. The molecule has 0 aliphatic heterocycles. The van der Waals surface area contributed by atoms with Crippen LogP contribution in [0.15, 0.2) is 45.5 Å². The lowest BCUT2D eigenvalue weighted by Gasteiger charge is -2.06. The number of nitrogens with one attached hydrogen (secondary N) is 1. The summed E-state index contributed by atoms with van der Waals surface area (Å²) in [4.78, 5) is 12.0. The molecule has 5 heteroatoms. The van der Waals surface area contributed by atoms with Crippen LogP contribution in [-0.2, 0) is 7.05 Å². The minimum atomic E-state index is -0.128. The van der Waals surface area contributed by atoms with Crippen LogP contribution in [0.1, 0.15) is 10.5 Å². The fourth-order valence-electron chi connectivity index (χ4n) is 1.51. The van der Waals surface area contributed by atoms with E-state index in [0.717, 1.165) is 14.6 Å². The van der Waals surface area contributed by atoms with E-state index in [1.54, 1.807) is 10.6 Å². The highest BCUT2D eigenvalue weighted by Crippen LogP contribution is 2.18. The summed E-state index contributed by atoms with van der Waals surface area (Å²) in [7, 11) is 1.83. The number of hydrogen-bond donors (Lipinski definition) is 1. The van der Waals surface area contributed by atoms with E-state index in [-0.39, 0.29) is 5.91 Å². The Morgan fingerprint density at radius 2 is 2.00 bits per heavy atom. The molecule has 17 heavy (non-hydrogen) atoms. The van der Waals surface area contributed by atoms with Gasteiger partial charge in [-0.15, -0.1) is 0 Å². The van der Waals surface area contributed by atoms with Gasteiger partial charge < -0.3 is 9.88 Å². The second-order valence-corrected chi connectivity index (χ2v) is 5.45. The third-order valence-electron chi connectivity index (χ3n) is 2.29. The first-order chi connectivity index (χ1) is 8.06. The molecule has 0 bridgehead atoms.